The molecule has 0 aliphatic rings. The van der Waals surface area contributed by atoms with E-state index in [1.807, 2.05) is 0 Å². The fraction of sp³-hybridized carbons (Fsp3) is 0. The summed E-state index contributed by atoms with van der Waals surface area (Å²) in [4.78, 5) is 14.3. The zero-order valence-electron chi connectivity index (χ0n) is 2.30. The molecule has 0 bridgehead atoms. The third-order valence-electron chi connectivity index (χ3n) is 0. The van der Waals surface area contributed by atoms with Crippen LogP contribution in [0.2, 0.25) is 0 Å². The normalized spacial score (nSPS) is 3.43. The average molecular weight is 144 g/mol. The monoisotopic (exact) mass is 144 g/mol. The second-order valence-corrected chi connectivity index (χ2v) is 0.848. The molecule has 0 unspecified atom stereocenters. The van der Waals surface area contributed by atoms with Gasteiger partial charge in [0, 0.05) is 0 Å². The van der Waals surface area contributed by atoms with Gasteiger partial charge in [0.25, 0.3) is 0 Å². The van der Waals surface area contributed by atoms with E-state index in [-0.39, 0.29) is 64.6 Å². The molecule has 0 aromatic carbocycles. The van der Waals surface area contributed by atoms with Crippen molar-refractivity contribution in [2.24, 2.45) is 0 Å². The second-order valence-electron chi connectivity index (χ2n) is 0.283. The maximum atomic E-state index is 8.74. The zero-order valence-corrected chi connectivity index (χ0v) is 3.30. The third-order valence-corrected chi connectivity index (χ3v) is 0. The van der Waals surface area contributed by atoms with Crippen LogP contribution in [0, 0.1) is 0 Å². The van der Waals surface area contributed by atoms with Crippen molar-refractivity contribution in [3.8, 4) is 0 Å². The van der Waals surface area contributed by atoms with Crippen LogP contribution in [0.15, 0.2) is 0 Å². The zero-order chi connectivity index (χ0) is 3.58. The molecule has 0 aliphatic carbocycles. The van der Waals surface area contributed by atoms with Crippen LogP contribution in [0.5, 0.6) is 0 Å². The number of rotatable bonds is 0. The Kier molecular flexibility index (Phi) is 52.5. The number of hydrogen-bond acceptors (Lipinski definition) is 1. The van der Waals surface area contributed by atoms with Crippen molar-refractivity contribution in [3.05, 3.63) is 0 Å². The Bertz CT molecular complexity index is 32.7. The quantitative estimate of drug-likeness (QED) is 0.342. The van der Waals surface area contributed by atoms with Crippen molar-refractivity contribution in [2.75, 3.05) is 0 Å². The van der Waals surface area contributed by atoms with Crippen molar-refractivity contribution in [1.82, 2.24) is 0 Å². The van der Waals surface area contributed by atoms with Gasteiger partial charge in [0.2, 0.25) is 0 Å². The van der Waals surface area contributed by atoms with E-state index in [0.717, 1.165) is 0 Å². The molecule has 0 rings (SSSR count). The Morgan fingerprint density at radius 2 is 1.14 bits per heavy atom. The first kappa shape index (κ1) is 23.5. The van der Waals surface area contributed by atoms with Gasteiger partial charge in [-0.2, -0.15) is 0 Å². The van der Waals surface area contributed by atoms with Crippen LogP contribution in [0.3, 0.4) is 0 Å². The predicted octanol–water partition coefficient (Wildman–Crippen LogP) is -3.74. The van der Waals surface area contributed by atoms with E-state index in [9.17, 15) is 0 Å². The van der Waals surface area contributed by atoms with Crippen LogP contribution < -0.4 is 0 Å². The molecule has 4 N–H and O–H groups in total. The van der Waals surface area contributed by atoms with Gasteiger partial charge in [0.05, 0.1) is 0 Å². The topological polar surface area (TPSA) is 89.0 Å². The molecule has 0 aromatic rings. The molecule has 0 atom stereocenters. The van der Waals surface area contributed by atoms with E-state index in [2.05, 4.69) is 0 Å². The van der Waals surface area contributed by atoms with Gasteiger partial charge in [-0.25, -0.2) is 0 Å². The molecule has 0 amide bonds. The summed E-state index contributed by atoms with van der Waals surface area (Å²) in [6.45, 7) is 0. The van der Waals surface area contributed by atoms with Crippen LogP contribution in [0.1, 0.15) is 0 Å². The second kappa shape index (κ2) is 15.6. The molecule has 0 aromatic heterocycles. The van der Waals surface area contributed by atoms with E-state index in [0.29, 0.717) is 0 Å². The summed E-state index contributed by atoms with van der Waals surface area (Å²) in [5, 5.41) is 0. The Morgan fingerprint density at radius 3 is 1.14 bits per heavy atom. The molecule has 7 heavy (non-hydrogen) atoms. The average Bonchev–Trinajstić information content (AvgIpc) is 0.811. The molecule has 7 heteroatoms. The van der Waals surface area contributed by atoms with Gasteiger partial charge < -0.3 is 15.1 Å². The molecule has 0 fully saturated rings. The fourth-order valence-electron chi connectivity index (χ4n) is 0. The summed E-state index contributed by atoms with van der Waals surface area (Å²) in [5.41, 5.74) is 0. The van der Waals surface area contributed by atoms with Crippen molar-refractivity contribution in [1.29, 1.82) is 0 Å². The first-order chi connectivity index (χ1) is 1.73. The Hall–Kier alpha value is 1.58. The van der Waals surface area contributed by atoms with Crippen molar-refractivity contribution in [3.63, 3.8) is 0 Å². The molecule has 4 nitrogen and oxygen atoms in total. The summed E-state index contributed by atoms with van der Waals surface area (Å²) in [7, 11) is -3.13. The van der Waals surface area contributed by atoms with Gasteiger partial charge >= 0.3 is 68.3 Å². The SMILES string of the molecule is O.O=[Si](O)O.[NaH].[NaH]. The van der Waals surface area contributed by atoms with Crippen LogP contribution in [-0.4, -0.2) is 83.4 Å². The first-order valence-corrected chi connectivity index (χ1v) is 1.95. The molecule has 0 saturated carbocycles. The molecule has 0 heterocycles. The van der Waals surface area contributed by atoms with Gasteiger partial charge in [-0.3, -0.25) is 4.46 Å². The third kappa shape index (κ3) is 94.8. The van der Waals surface area contributed by atoms with E-state index < -0.39 is 9.17 Å². The van der Waals surface area contributed by atoms with Crippen LogP contribution >= 0.6 is 0 Å². The fourth-order valence-corrected chi connectivity index (χ4v) is 0. The van der Waals surface area contributed by atoms with Crippen LogP contribution in [0.4, 0.5) is 0 Å². The van der Waals surface area contributed by atoms with Gasteiger partial charge in [-0.05, 0) is 0 Å². The van der Waals surface area contributed by atoms with Gasteiger partial charge in [0.1, 0.15) is 0 Å². The Morgan fingerprint density at radius 1 is 1.14 bits per heavy atom. The summed E-state index contributed by atoms with van der Waals surface area (Å²) >= 11 is 0. The molecule has 0 aliphatic heterocycles. The van der Waals surface area contributed by atoms with Gasteiger partial charge in [0.15, 0.2) is 0 Å². The van der Waals surface area contributed by atoms with Crippen molar-refractivity contribution >= 4 is 68.3 Å². The van der Waals surface area contributed by atoms with E-state index in [1.54, 1.807) is 0 Å². The van der Waals surface area contributed by atoms with E-state index in [1.165, 1.54) is 0 Å². The van der Waals surface area contributed by atoms with Gasteiger partial charge in [-0.1, -0.05) is 0 Å². The van der Waals surface area contributed by atoms with E-state index >= 15 is 0 Å². The number of hydrogen-bond donors (Lipinski definition) is 2. The molecular weight excluding hydrogens is 138 g/mol. The molecule has 0 saturated heterocycles. The van der Waals surface area contributed by atoms with Crippen molar-refractivity contribution < 1.29 is 19.5 Å². The molecule has 0 radical (unpaired) electrons. The minimum atomic E-state index is -3.13. The summed E-state index contributed by atoms with van der Waals surface area (Å²) in [6.07, 6.45) is 0. The molecule has 0 spiro atoms. The summed E-state index contributed by atoms with van der Waals surface area (Å²) < 4.78 is 8.74. The van der Waals surface area contributed by atoms with Crippen molar-refractivity contribution in [2.45, 2.75) is 0 Å². The van der Waals surface area contributed by atoms with E-state index in [4.69, 9.17) is 14.1 Å². The predicted molar refractivity (Wildman–Crippen MR) is 28.8 cm³/mol. The summed E-state index contributed by atoms with van der Waals surface area (Å²) in [5.74, 6) is 0. The van der Waals surface area contributed by atoms with Crippen LogP contribution in [-0.2, 0) is 4.46 Å². The Balaban J connectivity index is -0.0000000150. The minimum absolute atomic E-state index is 0. The molecular formula is H6Na2O4Si. The standard InChI is InChI=1S/2Na.H2O3Si.H2O.2H/c;;1-4(2)3;;;/h;;1-2H;1H2;;. The van der Waals surface area contributed by atoms with Crippen LogP contribution in [0.25, 0.3) is 0 Å². The first-order valence-electron chi connectivity index (χ1n) is 0.651. The van der Waals surface area contributed by atoms with Gasteiger partial charge in [-0.15, -0.1) is 0 Å². The summed E-state index contributed by atoms with van der Waals surface area (Å²) in [6, 6.07) is 0. The molecule has 36 valence electrons. The maximum absolute atomic E-state index is 8.74. The Labute approximate surface area is 86.7 Å².